The van der Waals surface area contributed by atoms with Crippen molar-refractivity contribution >= 4 is 22.9 Å². The summed E-state index contributed by atoms with van der Waals surface area (Å²) in [7, 11) is 0. The first kappa shape index (κ1) is 12.9. The number of rotatable bonds is 4. The number of nitriles is 1. The summed E-state index contributed by atoms with van der Waals surface area (Å²) in [6.07, 6.45) is 4.07. The lowest BCUT2D eigenvalue weighted by Gasteiger charge is -1.96. The molecule has 0 radical (unpaired) electrons. The van der Waals surface area contributed by atoms with Crippen molar-refractivity contribution in [2.24, 2.45) is 0 Å². The maximum Gasteiger partial charge on any atom is 0.354 e. The van der Waals surface area contributed by atoms with E-state index < -0.39 is 0 Å². The monoisotopic (exact) mass is 254 g/mol. The van der Waals surface area contributed by atoms with Gasteiger partial charge in [-0.25, -0.2) is 4.79 Å². The summed E-state index contributed by atoms with van der Waals surface area (Å²) in [6.45, 7) is 2.13. The molecule has 2 aromatic rings. The highest BCUT2D eigenvalue weighted by Gasteiger charge is 2.09. The van der Waals surface area contributed by atoms with Gasteiger partial charge in [0.25, 0.3) is 0 Å². The van der Waals surface area contributed by atoms with Gasteiger partial charge in [-0.15, -0.1) is 0 Å². The molecule has 1 aromatic carbocycles. The highest BCUT2D eigenvalue weighted by atomic mass is 16.5. The van der Waals surface area contributed by atoms with E-state index in [2.05, 4.69) is 11.1 Å². The van der Waals surface area contributed by atoms with Crippen LogP contribution in [0.5, 0.6) is 0 Å². The summed E-state index contributed by atoms with van der Waals surface area (Å²) in [5.74, 6) is -0.347. The maximum atomic E-state index is 11.6. The number of aromatic amines is 1. The van der Waals surface area contributed by atoms with Crippen molar-refractivity contribution in [3.05, 3.63) is 41.6 Å². The van der Waals surface area contributed by atoms with Gasteiger partial charge in [-0.2, -0.15) is 5.26 Å². The summed E-state index contributed by atoms with van der Waals surface area (Å²) < 4.78 is 4.95. The molecule has 0 bridgehead atoms. The number of nitrogens with zero attached hydrogens (tertiary/aromatic N) is 1. The van der Waals surface area contributed by atoms with Gasteiger partial charge < -0.3 is 9.72 Å². The fraction of sp³-hybridized carbons (Fsp3) is 0.200. The molecule has 19 heavy (non-hydrogen) atoms. The normalized spacial score (nSPS) is 10.7. The Morgan fingerprint density at radius 3 is 3.05 bits per heavy atom. The van der Waals surface area contributed by atoms with Gasteiger partial charge in [-0.05, 0) is 24.6 Å². The first-order chi connectivity index (χ1) is 9.24. The highest BCUT2D eigenvalue weighted by molar-refractivity contribution is 5.95. The average Bonchev–Trinajstić information content (AvgIpc) is 2.82. The van der Waals surface area contributed by atoms with Crippen LogP contribution in [0.25, 0.3) is 17.0 Å². The predicted molar refractivity (Wildman–Crippen MR) is 73.5 cm³/mol. The second-order valence-corrected chi connectivity index (χ2v) is 4.01. The molecular weight excluding hydrogens is 240 g/mol. The molecule has 2 rings (SSSR count). The Morgan fingerprint density at radius 1 is 1.47 bits per heavy atom. The van der Waals surface area contributed by atoms with E-state index in [-0.39, 0.29) is 5.97 Å². The molecule has 0 unspecified atom stereocenters. The van der Waals surface area contributed by atoms with E-state index in [4.69, 9.17) is 10.00 Å². The average molecular weight is 254 g/mol. The lowest BCUT2D eigenvalue weighted by molar-refractivity contribution is 0.0520. The Labute approximate surface area is 111 Å². The number of ether oxygens (including phenoxy) is 1. The topological polar surface area (TPSA) is 65.9 Å². The Balaban J connectivity index is 2.28. The Hall–Kier alpha value is -2.54. The number of hydrogen-bond acceptors (Lipinski definition) is 3. The number of hydrogen-bond donors (Lipinski definition) is 1. The summed E-state index contributed by atoms with van der Waals surface area (Å²) in [5, 5.41) is 9.43. The molecule has 4 heteroatoms. The number of benzene rings is 1. The van der Waals surface area contributed by atoms with Gasteiger partial charge in [0.05, 0.1) is 19.1 Å². The van der Waals surface area contributed by atoms with Crippen LogP contribution in [0.1, 0.15) is 29.4 Å². The molecule has 0 spiro atoms. The van der Waals surface area contributed by atoms with Crippen LogP contribution in [0.3, 0.4) is 0 Å². The number of allylic oxidation sites excluding steroid dienone is 1. The number of esters is 1. The van der Waals surface area contributed by atoms with E-state index in [1.54, 1.807) is 19.1 Å². The number of carbonyl (C=O) groups is 1. The molecule has 1 N–H and O–H groups in total. The second kappa shape index (κ2) is 5.87. The van der Waals surface area contributed by atoms with Gasteiger partial charge in [0.1, 0.15) is 5.69 Å². The largest absolute Gasteiger partial charge is 0.461 e. The van der Waals surface area contributed by atoms with Crippen molar-refractivity contribution in [3.8, 4) is 6.07 Å². The third kappa shape index (κ3) is 3.02. The van der Waals surface area contributed by atoms with Crippen LogP contribution in [0.15, 0.2) is 30.3 Å². The molecule has 0 atom stereocenters. The molecule has 0 amide bonds. The van der Waals surface area contributed by atoms with Crippen LogP contribution >= 0.6 is 0 Å². The molecule has 0 saturated heterocycles. The third-order valence-electron chi connectivity index (χ3n) is 2.66. The van der Waals surface area contributed by atoms with Crippen molar-refractivity contribution in [1.29, 1.82) is 5.26 Å². The number of nitrogens with one attached hydrogen (secondary N) is 1. The quantitative estimate of drug-likeness (QED) is 0.851. The minimum absolute atomic E-state index is 0.347. The first-order valence-electron chi connectivity index (χ1n) is 6.08. The lowest BCUT2D eigenvalue weighted by Crippen LogP contribution is -2.04. The van der Waals surface area contributed by atoms with Gasteiger partial charge in [0, 0.05) is 10.9 Å². The Kier molecular flexibility index (Phi) is 3.99. The highest BCUT2D eigenvalue weighted by Crippen LogP contribution is 2.18. The van der Waals surface area contributed by atoms with Crippen molar-refractivity contribution in [3.63, 3.8) is 0 Å². The van der Waals surface area contributed by atoms with Gasteiger partial charge >= 0.3 is 5.97 Å². The zero-order valence-electron chi connectivity index (χ0n) is 10.6. The van der Waals surface area contributed by atoms with Gasteiger partial charge in [-0.1, -0.05) is 24.3 Å². The number of H-pyrrole nitrogens is 1. The zero-order chi connectivity index (χ0) is 13.7. The second-order valence-electron chi connectivity index (χ2n) is 4.01. The molecule has 1 heterocycles. The molecule has 0 fully saturated rings. The van der Waals surface area contributed by atoms with Crippen LogP contribution in [0.4, 0.5) is 0 Å². The van der Waals surface area contributed by atoms with Crippen LogP contribution in [-0.2, 0) is 4.74 Å². The van der Waals surface area contributed by atoms with Gasteiger partial charge in [-0.3, -0.25) is 0 Å². The molecular formula is C15H14N2O2. The van der Waals surface area contributed by atoms with Crippen LogP contribution in [0.2, 0.25) is 0 Å². The van der Waals surface area contributed by atoms with Crippen molar-refractivity contribution in [2.75, 3.05) is 6.61 Å². The fourth-order valence-electron chi connectivity index (χ4n) is 1.81. The first-order valence-corrected chi connectivity index (χ1v) is 6.08. The predicted octanol–water partition coefficient (Wildman–Crippen LogP) is 3.27. The summed E-state index contributed by atoms with van der Waals surface area (Å²) in [6, 6.07) is 9.64. The fourth-order valence-corrected chi connectivity index (χ4v) is 1.81. The zero-order valence-corrected chi connectivity index (χ0v) is 10.6. The molecule has 0 saturated carbocycles. The van der Waals surface area contributed by atoms with E-state index in [0.29, 0.717) is 18.7 Å². The smallest absolute Gasteiger partial charge is 0.354 e. The maximum absolute atomic E-state index is 11.6. The van der Waals surface area contributed by atoms with Crippen molar-refractivity contribution in [1.82, 2.24) is 4.98 Å². The molecule has 1 aromatic heterocycles. The third-order valence-corrected chi connectivity index (χ3v) is 2.66. The van der Waals surface area contributed by atoms with Crippen LogP contribution in [-0.4, -0.2) is 17.6 Å². The number of fused-ring (bicyclic) bond motifs is 1. The van der Waals surface area contributed by atoms with Gasteiger partial charge in [0.2, 0.25) is 0 Å². The summed E-state index contributed by atoms with van der Waals surface area (Å²) >= 11 is 0. The standard InChI is InChI=1S/C15H14N2O2/c1-2-19-15(18)14-10-12-7-6-11(5-3-4-8-16)9-13(12)17-14/h3,5-7,9-10,17H,2,4H2,1H3. The van der Waals surface area contributed by atoms with Crippen molar-refractivity contribution in [2.45, 2.75) is 13.3 Å². The number of aromatic nitrogens is 1. The minimum atomic E-state index is -0.347. The lowest BCUT2D eigenvalue weighted by atomic mass is 10.1. The van der Waals surface area contributed by atoms with Crippen LogP contribution in [0, 0.1) is 11.3 Å². The van der Waals surface area contributed by atoms with Crippen LogP contribution < -0.4 is 0 Å². The Bertz CT molecular complexity index is 662. The minimum Gasteiger partial charge on any atom is -0.461 e. The SMILES string of the molecule is CCOC(=O)c1cc2ccc(C=CCC#N)cc2[nH]1. The molecule has 96 valence electrons. The van der Waals surface area contributed by atoms with Crippen molar-refractivity contribution < 1.29 is 9.53 Å². The summed E-state index contributed by atoms with van der Waals surface area (Å²) in [4.78, 5) is 14.6. The van der Waals surface area contributed by atoms with E-state index in [1.807, 2.05) is 24.3 Å². The Morgan fingerprint density at radius 2 is 2.32 bits per heavy atom. The number of carbonyl (C=O) groups excluding carboxylic acids is 1. The van der Waals surface area contributed by atoms with E-state index in [9.17, 15) is 4.79 Å². The molecule has 0 aliphatic rings. The molecule has 0 aliphatic carbocycles. The molecule has 0 aliphatic heterocycles. The van der Waals surface area contributed by atoms with E-state index >= 15 is 0 Å². The molecule has 4 nitrogen and oxygen atoms in total. The summed E-state index contributed by atoms with van der Waals surface area (Å²) in [5.41, 5.74) is 2.32. The van der Waals surface area contributed by atoms with Gasteiger partial charge in [0.15, 0.2) is 0 Å². The van der Waals surface area contributed by atoms with E-state index in [0.717, 1.165) is 16.5 Å². The van der Waals surface area contributed by atoms with E-state index in [1.165, 1.54) is 0 Å².